The fraction of sp³-hybridized carbons (Fsp3) is 0.333. The fourth-order valence-electron chi connectivity index (χ4n) is 5.39. The maximum absolute atomic E-state index is 15.1. The molecule has 8 nitrogen and oxygen atoms in total. The Morgan fingerprint density at radius 2 is 1.94 bits per heavy atom. The molecule has 3 aliphatic rings. The van der Waals surface area contributed by atoms with E-state index in [1.165, 1.54) is 6.07 Å². The summed E-state index contributed by atoms with van der Waals surface area (Å²) in [5, 5.41) is 20.7. The highest BCUT2D eigenvalue weighted by atomic mass is 19.1. The Labute approximate surface area is 189 Å². The molecule has 3 aromatic rings. The molecule has 1 N–H and O–H groups in total. The number of amides is 1. The fourth-order valence-corrected chi connectivity index (χ4v) is 5.39. The van der Waals surface area contributed by atoms with Gasteiger partial charge < -0.3 is 10.1 Å². The third-order valence-corrected chi connectivity index (χ3v) is 7.12. The molecule has 3 heterocycles. The highest BCUT2D eigenvalue weighted by Gasteiger charge is 2.68. The number of carbonyl (C=O) groups is 1. The normalized spacial score (nSPS) is 27.8. The minimum Gasteiger partial charge on any atom is -0.442 e. The molecule has 166 valence electrons. The molecular weight excluding hydrogens is 423 g/mol. The van der Waals surface area contributed by atoms with Gasteiger partial charge in [-0.15, -0.1) is 5.10 Å². The topological polar surface area (TPSA) is 96.1 Å². The summed E-state index contributed by atoms with van der Waals surface area (Å²) in [5.41, 5.74) is 2.08. The van der Waals surface area contributed by atoms with Gasteiger partial charge in [-0.1, -0.05) is 29.5 Å². The zero-order valence-corrected chi connectivity index (χ0v) is 17.7. The molecule has 9 heteroatoms. The molecule has 2 aromatic carbocycles. The van der Waals surface area contributed by atoms with E-state index in [1.54, 1.807) is 28.0 Å². The van der Waals surface area contributed by atoms with E-state index in [4.69, 9.17) is 4.74 Å². The number of nitrogens with zero attached hydrogens (tertiary/aromatic N) is 5. The van der Waals surface area contributed by atoms with Crippen molar-refractivity contribution in [1.82, 2.24) is 20.3 Å². The van der Waals surface area contributed by atoms with Crippen LogP contribution < -0.4 is 10.2 Å². The second-order valence-corrected chi connectivity index (χ2v) is 8.84. The predicted molar refractivity (Wildman–Crippen MR) is 117 cm³/mol. The quantitative estimate of drug-likeness (QED) is 0.650. The molecule has 1 aliphatic carbocycles. The largest absolute Gasteiger partial charge is 0.442 e. The van der Waals surface area contributed by atoms with Crippen LogP contribution in [0.5, 0.6) is 0 Å². The SMILES string of the molecule is N#CC1(c2ccc(-c3ccc(N4C[C@H](Cn5ccnn5)OC4=O)cc3)cc2F)C2CNCC21. The van der Waals surface area contributed by atoms with E-state index in [0.717, 1.165) is 24.2 Å². The van der Waals surface area contributed by atoms with Crippen LogP contribution in [0.2, 0.25) is 0 Å². The van der Waals surface area contributed by atoms with Gasteiger partial charge in [0.25, 0.3) is 0 Å². The summed E-state index contributed by atoms with van der Waals surface area (Å²) in [6.07, 6.45) is 2.58. The Hall–Kier alpha value is -3.77. The van der Waals surface area contributed by atoms with Gasteiger partial charge in [-0.25, -0.2) is 13.9 Å². The molecule has 1 amide bonds. The number of ether oxygens (including phenoxy) is 1. The van der Waals surface area contributed by atoms with Gasteiger partial charge in [0, 0.05) is 42.4 Å². The molecule has 0 bridgehead atoms. The number of piperidine rings is 1. The van der Waals surface area contributed by atoms with Gasteiger partial charge in [0.05, 0.1) is 30.8 Å². The number of aromatic nitrogens is 3. The number of nitrogens with one attached hydrogen (secondary N) is 1. The van der Waals surface area contributed by atoms with Crippen LogP contribution in [0.3, 0.4) is 0 Å². The first kappa shape index (κ1) is 19.9. The number of fused-ring (bicyclic) bond motifs is 1. The van der Waals surface area contributed by atoms with Crippen molar-refractivity contribution in [2.45, 2.75) is 18.1 Å². The lowest BCUT2D eigenvalue weighted by Gasteiger charge is -2.16. The molecule has 3 atom stereocenters. The third kappa shape index (κ3) is 3.09. The van der Waals surface area contributed by atoms with Crippen LogP contribution in [0.15, 0.2) is 54.9 Å². The Kier molecular flexibility index (Phi) is 4.45. The number of hydrogen-bond donors (Lipinski definition) is 1. The number of hydrogen-bond acceptors (Lipinski definition) is 6. The molecule has 1 aromatic heterocycles. The Bertz CT molecular complexity index is 1240. The van der Waals surface area contributed by atoms with Crippen LogP contribution in [0.25, 0.3) is 11.1 Å². The van der Waals surface area contributed by atoms with Gasteiger partial charge in [-0.2, -0.15) is 5.26 Å². The molecular formula is C24H21FN6O2. The van der Waals surface area contributed by atoms with Crippen molar-refractivity contribution in [2.75, 3.05) is 24.5 Å². The summed E-state index contributed by atoms with van der Waals surface area (Å²) in [6, 6.07) is 14.9. The van der Waals surface area contributed by atoms with Crippen molar-refractivity contribution in [3.8, 4) is 17.2 Å². The second-order valence-electron chi connectivity index (χ2n) is 8.84. The van der Waals surface area contributed by atoms with Crippen LogP contribution in [-0.2, 0) is 16.7 Å². The number of nitriles is 1. The summed E-state index contributed by atoms with van der Waals surface area (Å²) >= 11 is 0. The smallest absolute Gasteiger partial charge is 0.414 e. The standard InChI is InChI=1S/C24H21FN6O2/c25-22-9-16(3-6-19(22)24(14-26)20-10-27-11-21(20)24)15-1-4-17(5-2-15)31-13-18(33-23(31)32)12-30-8-7-28-29-30/h1-9,18,20-21,27H,10-13H2/t18-,20?,21?,24?/m0/s1. The Balaban J connectivity index is 1.19. The number of halogens is 1. The first-order chi connectivity index (χ1) is 16.1. The summed E-state index contributed by atoms with van der Waals surface area (Å²) in [5.74, 6) is 0.0399. The molecule has 2 saturated heterocycles. The van der Waals surface area contributed by atoms with E-state index < -0.39 is 11.5 Å². The monoisotopic (exact) mass is 444 g/mol. The van der Waals surface area contributed by atoms with Crippen LogP contribution in [0, 0.1) is 29.0 Å². The zero-order valence-electron chi connectivity index (χ0n) is 17.7. The summed E-state index contributed by atoms with van der Waals surface area (Å²) in [6.45, 7) is 2.38. The Morgan fingerprint density at radius 3 is 2.61 bits per heavy atom. The molecule has 0 radical (unpaired) electrons. The number of cyclic esters (lactones) is 1. The predicted octanol–water partition coefficient (Wildman–Crippen LogP) is 2.72. The molecule has 3 fully saturated rings. The Morgan fingerprint density at radius 1 is 1.18 bits per heavy atom. The molecule has 1 saturated carbocycles. The van der Waals surface area contributed by atoms with Gasteiger partial charge in [0.1, 0.15) is 11.9 Å². The highest BCUT2D eigenvalue weighted by Crippen LogP contribution is 2.61. The lowest BCUT2D eigenvalue weighted by molar-refractivity contribution is 0.129. The van der Waals surface area contributed by atoms with E-state index in [9.17, 15) is 10.1 Å². The van der Waals surface area contributed by atoms with Crippen molar-refractivity contribution < 1.29 is 13.9 Å². The summed E-state index contributed by atoms with van der Waals surface area (Å²) in [7, 11) is 0. The molecule has 2 unspecified atom stereocenters. The van der Waals surface area contributed by atoms with Crippen molar-refractivity contribution in [3.05, 3.63) is 66.2 Å². The first-order valence-corrected chi connectivity index (χ1v) is 10.9. The minimum atomic E-state index is -0.698. The molecule has 6 rings (SSSR count). The minimum absolute atomic E-state index is 0.190. The summed E-state index contributed by atoms with van der Waals surface area (Å²) < 4.78 is 22.2. The number of rotatable bonds is 5. The van der Waals surface area contributed by atoms with Crippen molar-refractivity contribution in [1.29, 1.82) is 5.26 Å². The van der Waals surface area contributed by atoms with E-state index in [0.29, 0.717) is 24.3 Å². The summed E-state index contributed by atoms with van der Waals surface area (Å²) in [4.78, 5) is 13.9. The van der Waals surface area contributed by atoms with E-state index in [1.807, 2.05) is 30.3 Å². The molecule has 33 heavy (non-hydrogen) atoms. The van der Waals surface area contributed by atoms with Gasteiger partial charge in [0.2, 0.25) is 0 Å². The van der Waals surface area contributed by atoms with Crippen LogP contribution in [-0.4, -0.2) is 46.8 Å². The third-order valence-electron chi connectivity index (χ3n) is 7.12. The average molecular weight is 444 g/mol. The number of anilines is 1. The first-order valence-electron chi connectivity index (χ1n) is 10.9. The van der Waals surface area contributed by atoms with E-state index >= 15 is 4.39 Å². The van der Waals surface area contributed by atoms with Crippen LogP contribution in [0.4, 0.5) is 14.9 Å². The van der Waals surface area contributed by atoms with Gasteiger partial charge in [-0.05, 0) is 29.3 Å². The van der Waals surface area contributed by atoms with E-state index in [2.05, 4.69) is 21.7 Å². The number of carbonyl (C=O) groups excluding carboxylic acids is 1. The maximum Gasteiger partial charge on any atom is 0.414 e. The van der Waals surface area contributed by atoms with Crippen LogP contribution >= 0.6 is 0 Å². The van der Waals surface area contributed by atoms with Gasteiger partial charge in [0.15, 0.2) is 0 Å². The lowest BCUT2D eigenvalue weighted by atomic mass is 9.90. The lowest BCUT2D eigenvalue weighted by Crippen LogP contribution is -2.26. The van der Waals surface area contributed by atoms with Gasteiger partial charge in [-0.3, -0.25) is 4.90 Å². The number of benzene rings is 2. The van der Waals surface area contributed by atoms with Crippen molar-refractivity contribution in [3.63, 3.8) is 0 Å². The highest BCUT2D eigenvalue weighted by molar-refractivity contribution is 5.90. The van der Waals surface area contributed by atoms with Crippen LogP contribution in [0.1, 0.15) is 5.56 Å². The average Bonchev–Trinajstić information content (AvgIpc) is 3.35. The molecule has 0 spiro atoms. The van der Waals surface area contributed by atoms with E-state index in [-0.39, 0.29) is 23.8 Å². The van der Waals surface area contributed by atoms with Crippen molar-refractivity contribution >= 4 is 11.8 Å². The van der Waals surface area contributed by atoms with Crippen molar-refractivity contribution in [2.24, 2.45) is 11.8 Å². The maximum atomic E-state index is 15.1. The second kappa shape index (κ2) is 7.39. The molecule has 2 aliphatic heterocycles. The zero-order chi connectivity index (χ0) is 22.6. The van der Waals surface area contributed by atoms with Gasteiger partial charge >= 0.3 is 6.09 Å².